The zero-order valence-electron chi connectivity index (χ0n) is 11.1. The molecule has 0 spiro atoms. The molecule has 1 heterocycles. The SMILES string of the molecule is CNC(=O)[C@H](C)OC(=O)C1=Cc2cc(Cl)ccc2OC1. The second-order valence-electron chi connectivity index (χ2n) is 4.30. The van der Waals surface area contributed by atoms with Crippen LogP contribution in [0.5, 0.6) is 5.75 Å². The van der Waals surface area contributed by atoms with E-state index in [0.717, 1.165) is 0 Å². The Balaban J connectivity index is 2.14. The highest BCUT2D eigenvalue weighted by atomic mass is 35.5. The van der Waals surface area contributed by atoms with E-state index >= 15 is 0 Å². The van der Waals surface area contributed by atoms with Crippen molar-refractivity contribution in [3.63, 3.8) is 0 Å². The average molecular weight is 296 g/mol. The van der Waals surface area contributed by atoms with Crippen molar-refractivity contribution in [1.29, 1.82) is 0 Å². The molecule has 0 unspecified atom stereocenters. The van der Waals surface area contributed by atoms with Crippen molar-refractivity contribution < 1.29 is 19.1 Å². The minimum absolute atomic E-state index is 0.105. The third-order valence-corrected chi connectivity index (χ3v) is 3.08. The van der Waals surface area contributed by atoms with E-state index in [9.17, 15) is 9.59 Å². The molecule has 1 aromatic rings. The van der Waals surface area contributed by atoms with Gasteiger partial charge in [0.15, 0.2) is 6.10 Å². The van der Waals surface area contributed by atoms with E-state index in [1.807, 2.05) is 0 Å². The van der Waals surface area contributed by atoms with Crippen LogP contribution in [0.1, 0.15) is 12.5 Å². The van der Waals surface area contributed by atoms with Crippen molar-refractivity contribution in [1.82, 2.24) is 5.32 Å². The summed E-state index contributed by atoms with van der Waals surface area (Å²) in [5.74, 6) is -0.281. The number of likely N-dealkylation sites (N-methyl/N-ethyl adjacent to an activating group) is 1. The van der Waals surface area contributed by atoms with Crippen LogP contribution in [0.2, 0.25) is 5.02 Å². The topological polar surface area (TPSA) is 64.6 Å². The highest BCUT2D eigenvalue weighted by Crippen LogP contribution is 2.29. The first kappa shape index (κ1) is 14.4. The van der Waals surface area contributed by atoms with Gasteiger partial charge < -0.3 is 14.8 Å². The van der Waals surface area contributed by atoms with Crippen molar-refractivity contribution >= 4 is 29.6 Å². The van der Waals surface area contributed by atoms with Gasteiger partial charge in [0.1, 0.15) is 12.4 Å². The molecule has 1 amide bonds. The van der Waals surface area contributed by atoms with Crippen LogP contribution >= 0.6 is 11.6 Å². The molecule has 1 aliphatic heterocycles. The highest BCUT2D eigenvalue weighted by molar-refractivity contribution is 6.30. The highest BCUT2D eigenvalue weighted by Gasteiger charge is 2.22. The molecule has 1 aromatic carbocycles. The van der Waals surface area contributed by atoms with Gasteiger partial charge in [-0.1, -0.05) is 11.6 Å². The first-order chi connectivity index (χ1) is 9.51. The number of carbonyl (C=O) groups excluding carboxylic acids is 2. The van der Waals surface area contributed by atoms with Gasteiger partial charge in [0.2, 0.25) is 0 Å². The van der Waals surface area contributed by atoms with Gasteiger partial charge in [-0.25, -0.2) is 4.79 Å². The van der Waals surface area contributed by atoms with Crippen molar-refractivity contribution in [2.45, 2.75) is 13.0 Å². The molecule has 0 saturated heterocycles. The smallest absolute Gasteiger partial charge is 0.338 e. The molecule has 106 valence electrons. The minimum atomic E-state index is -0.853. The molecule has 1 atom stereocenters. The van der Waals surface area contributed by atoms with Crippen LogP contribution in [0, 0.1) is 0 Å². The Hall–Kier alpha value is -2.01. The lowest BCUT2D eigenvalue weighted by atomic mass is 10.1. The molecular weight excluding hydrogens is 282 g/mol. The summed E-state index contributed by atoms with van der Waals surface area (Å²) < 4.78 is 10.5. The number of rotatable bonds is 3. The van der Waals surface area contributed by atoms with E-state index in [0.29, 0.717) is 21.9 Å². The maximum absolute atomic E-state index is 11.9. The second-order valence-corrected chi connectivity index (χ2v) is 4.74. The Morgan fingerprint density at radius 1 is 1.45 bits per heavy atom. The van der Waals surface area contributed by atoms with Crippen LogP contribution in [0.3, 0.4) is 0 Å². The van der Waals surface area contributed by atoms with E-state index in [4.69, 9.17) is 21.1 Å². The largest absolute Gasteiger partial charge is 0.488 e. The molecule has 2 rings (SSSR count). The second kappa shape index (κ2) is 5.96. The van der Waals surface area contributed by atoms with Crippen LogP contribution < -0.4 is 10.1 Å². The lowest BCUT2D eigenvalue weighted by Gasteiger charge is -2.18. The summed E-state index contributed by atoms with van der Waals surface area (Å²) in [6.45, 7) is 1.61. The first-order valence-corrected chi connectivity index (χ1v) is 6.44. The number of fused-ring (bicyclic) bond motifs is 1. The van der Waals surface area contributed by atoms with Gasteiger partial charge in [0.25, 0.3) is 5.91 Å². The van der Waals surface area contributed by atoms with Crippen molar-refractivity contribution in [3.05, 3.63) is 34.4 Å². The predicted octanol–water partition coefficient (Wildman–Crippen LogP) is 1.79. The summed E-state index contributed by atoms with van der Waals surface area (Å²) in [6, 6.07) is 5.15. The van der Waals surface area contributed by atoms with Gasteiger partial charge in [-0.15, -0.1) is 0 Å². The maximum Gasteiger partial charge on any atom is 0.338 e. The molecule has 0 aliphatic carbocycles. The van der Waals surface area contributed by atoms with E-state index in [2.05, 4.69) is 5.32 Å². The number of esters is 1. The maximum atomic E-state index is 11.9. The van der Waals surface area contributed by atoms with E-state index in [1.165, 1.54) is 14.0 Å². The van der Waals surface area contributed by atoms with E-state index in [-0.39, 0.29) is 12.5 Å². The Labute approximate surface area is 121 Å². The monoisotopic (exact) mass is 295 g/mol. The van der Waals surface area contributed by atoms with E-state index < -0.39 is 12.1 Å². The summed E-state index contributed by atoms with van der Waals surface area (Å²) in [4.78, 5) is 23.3. The molecule has 5 nitrogen and oxygen atoms in total. The summed E-state index contributed by atoms with van der Waals surface area (Å²) in [5, 5.41) is 2.96. The number of hydrogen-bond donors (Lipinski definition) is 1. The number of ether oxygens (including phenoxy) is 2. The van der Waals surface area contributed by atoms with Gasteiger partial charge in [0, 0.05) is 17.6 Å². The summed E-state index contributed by atoms with van der Waals surface area (Å²) in [5.41, 5.74) is 1.05. The molecule has 0 aromatic heterocycles. The van der Waals surface area contributed by atoms with Crippen molar-refractivity contribution in [2.24, 2.45) is 0 Å². The minimum Gasteiger partial charge on any atom is -0.488 e. The van der Waals surface area contributed by atoms with Crippen LogP contribution in [0.15, 0.2) is 23.8 Å². The van der Waals surface area contributed by atoms with Gasteiger partial charge in [0.05, 0.1) is 5.57 Å². The van der Waals surface area contributed by atoms with Crippen LogP contribution in [0.4, 0.5) is 0 Å². The number of carbonyl (C=O) groups is 2. The molecular formula is C14H14ClNO4. The third kappa shape index (κ3) is 3.11. The first-order valence-electron chi connectivity index (χ1n) is 6.06. The number of halogens is 1. The Morgan fingerprint density at radius 2 is 2.20 bits per heavy atom. The van der Waals surface area contributed by atoms with Gasteiger partial charge in [-0.2, -0.15) is 0 Å². The number of amides is 1. The summed E-state index contributed by atoms with van der Waals surface area (Å²) in [7, 11) is 1.48. The zero-order chi connectivity index (χ0) is 14.7. The Kier molecular flexibility index (Phi) is 4.29. The fraction of sp³-hybridized carbons (Fsp3) is 0.286. The number of hydrogen-bond acceptors (Lipinski definition) is 4. The molecule has 6 heteroatoms. The normalized spacial score (nSPS) is 14.4. The standard InChI is InChI=1S/C14H14ClNO4/c1-8(13(17)16-2)20-14(18)10-5-9-6-11(15)3-4-12(9)19-7-10/h3-6,8H,7H2,1-2H3,(H,16,17)/t8-/m0/s1. The average Bonchev–Trinajstić information content (AvgIpc) is 2.45. The van der Waals surface area contributed by atoms with Crippen LogP contribution in [-0.2, 0) is 14.3 Å². The third-order valence-electron chi connectivity index (χ3n) is 2.85. The molecule has 0 bridgehead atoms. The van der Waals surface area contributed by atoms with Crippen LogP contribution in [0.25, 0.3) is 6.08 Å². The summed E-state index contributed by atoms with van der Waals surface area (Å²) >= 11 is 5.89. The molecule has 0 radical (unpaired) electrons. The van der Waals surface area contributed by atoms with Crippen molar-refractivity contribution in [2.75, 3.05) is 13.7 Å². The summed E-state index contributed by atoms with van der Waals surface area (Å²) in [6.07, 6.45) is 0.804. The Bertz CT molecular complexity index is 583. The van der Waals surface area contributed by atoms with Gasteiger partial charge in [-0.3, -0.25) is 4.79 Å². The van der Waals surface area contributed by atoms with Gasteiger partial charge in [-0.05, 0) is 31.2 Å². The lowest BCUT2D eigenvalue weighted by Crippen LogP contribution is -2.34. The number of benzene rings is 1. The molecule has 20 heavy (non-hydrogen) atoms. The molecule has 0 fully saturated rings. The fourth-order valence-corrected chi connectivity index (χ4v) is 1.94. The zero-order valence-corrected chi connectivity index (χ0v) is 11.9. The molecule has 1 aliphatic rings. The van der Waals surface area contributed by atoms with Gasteiger partial charge >= 0.3 is 5.97 Å². The predicted molar refractivity (Wildman–Crippen MR) is 74.5 cm³/mol. The Morgan fingerprint density at radius 3 is 2.90 bits per heavy atom. The van der Waals surface area contributed by atoms with Crippen molar-refractivity contribution in [3.8, 4) is 5.75 Å². The quantitative estimate of drug-likeness (QED) is 0.864. The van der Waals surface area contributed by atoms with E-state index in [1.54, 1.807) is 24.3 Å². The fourth-order valence-electron chi connectivity index (χ4n) is 1.76. The molecule has 1 N–H and O–H groups in total. The lowest BCUT2D eigenvalue weighted by molar-refractivity contribution is -0.151. The van der Waals surface area contributed by atoms with Crippen LogP contribution in [-0.4, -0.2) is 31.6 Å². The number of nitrogens with one attached hydrogen (secondary N) is 1. The molecule has 0 saturated carbocycles.